The third-order valence-corrected chi connectivity index (χ3v) is 8.15. The number of methoxy groups -OCH3 is 2. The number of carbonyl (C=O) groups excluding carboxylic acids is 2. The number of nitrogens with zero attached hydrogens (tertiary/aromatic N) is 1. The summed E-state index contributed by atoms with van der Waals surface area (Å²) in [5, 5.41) is 5.45. The predicted molar refractivity (Wildman–Crippen MR) is 132 cm³/mol. The van der Waals surface area contributed by atoms with Crippen LogP contribution in [0.5, 0.6) is 11.5 Å². The first kappa shape index (κ1) is 29.2. The molecule has 0 saturated carbocycles. The lowest BCUT2D eigenvalue weighted by molar-refractivity contribution is -0.140. The van der Waals surface area contributed by atoms with Crippen molar-refractivity contribution in [3.8, 4) is 11.5 Å². The molecule has 1 saturated heterocycles. The summed E-state index contributed by atoms with van der Waals surface area (Å²) in [5.74, 6) is 0.109. The van der Waals surface area contributed by atoms with Gasteiger partial charge < -0.3 is 20.1 Å². The second kappa shape index (κ2) is 12.0. The number of ether oxygens (including phenoxy) is 2. The van der Waals surface area contributed by atoms with Crippen LogP contribution < -0.4 is 20.1 Å². The number of carbonyl (C=O) groups is 2. The summed E-state index contributed by atoms with van der Waals surface area (Å²) in [4.78, 5) is 24.0. The van der Waals surface area contributed by atoms with Crippen LogP contribution in [0.2, 0.25) is 0 Å². The van der Waals surface area contributed by atoms with E-state index in [1.807, 2.05) is 0 Å². The van der Waals surface area contributed by atoms with Gasteiger partial charge in [-0.2, -0.15) is 17.5 Å². The highest BCUT2D eigenvalue weighted by molar-refractivity contribution is 7.89. The summed E-state index contributed by atoms with van der Waals surface area (Å²) in [7, 11) is -1.41. The Morgan fingerprint density at radius 1 is 1.05 bits per heavy atom. The number of benzene rings is 2. The molecular formula is C25H30F3N3O6S. The zero-order chi connectivity index (χ0) is 28.1. The molecule has 1 heterocycles. The number of hydrogen-bond acceptors (Lipinski definition) is 6. The van der Waals surface area contributed by atoms with E-state index in [9.17, 15) is 31.2 Å². The molecule has 2 amide bonds. The minimum Gasteiger partial charge on any atom is -0.493 e. The topological polar surface area (TPSA) is 114 Å². The fourth-order valence-electron chi connectivity index (χ4n) is 4.31. The van der Waals surface area contributed by atoms with Crippen molar-refractivity contribution in [3.63, 3.8) is 0 Å². The molecular weight excluding hydrogens is 527 g/mol. The average molecular weight is 558 g/mol. The molecule has 0 aromatic heterocycles. The maximum atomic E-state index is 13.4. The number of piperidine rings is 1. The van der Waals surface area contributed by atoms with Crippen LogP contribution in [0.3, 0.4) is 0 Å². The van der Waals surface area contributed by atoms with Crippen molar-refractivity contribution < 1.29 is 40.7 Å². The molecule has 0 bridgehead atoms. The second-order valence-corrected chi connectivity index (χ2v) is 10.7. The van der Waals surface area contributed by atoms with Crippen molar-refractivity contribution in [2.45, 2.75) is 49.3 Å². The number of amides is 2. The molecule has 38 heavy (non-hydrogen) atoms. The van der Waals surface area contributed by atoms with Crippen LogP contribution in [0.4, 0.5) is 13.2 Å². The maximum Gasteiger partial charge on any atom is 0.417 e. The summed E-state index contributed by atoms with van der Waals surface area (Å²) < 4.78 is 77.6. The van der Waals surface area contributed by atoms with Crippen LogP contribution in [0.25, 0.3) is 0 Å². The number of halogens is 3. The molecule has 0 radical (unpaired) electrons. The van der Waals surface area contributed by atoms with Gasteiger partial charge >= 0.3 is 6.18 Å². The first-order chi connectivity index (χ1) is 17.9. The van der Waals surface area contributed by atoms with Crippen molar-refractivity contribution in [3.05, 3.63) is 53.6 Å². The predicted octanol–water partition coefficient (Wildman–Crippen LogP) is 2.74. The molecule has 0 aliphatic carbocycles. The fraction of sp³-hybridized carbons (Fsp3) is 0.440. The van der Waals surface area contributed by atoms with Gasteiger partial charge in [0, 0.05) is 32.5 Å². The molecule has 1 fully saturated rings. The Kier molecular flexibility index (Phi) is 9.26. The van der Waals surface area contributed by atoms with E-state index in [-0.39, 0.29) is 32.4 Å². The van der Waals surface area contributed by atoms with Gasteiger partial charge in [-0.15, -0.1) is 0 Å². The smallest absolute Gasteiger partial charge is 0.417 e. The van der Waals surface area contributed by atoms with Crippen LogP contribution in [0, 0.1) is 0 Å². The van der Waals surface area contributed by atoms with Gasteiger partial charge in [0.25, 0.3) is 0 Å². The molecule has 13 heteroatoms. The van der Waals surface area contributed by atoms with Crippen LogP contribution in [0.1, 0.15) is 30.9 Å². The number of sulfonamides is 1. The highest BCUT2D eigenvalue weighted by Gasteiger charge is 2.40. The Hall–Kier alpha value is -3.32. The summed E-state index contributed by atoms with van der Waals surface area (Å²) >= 11 is 0. The number of hydrogen-bond donors (Lipinski definition) is 2. The number of alkyl halides is 3. The highest BCUT2D eigenvalue weighted by atomic mass is 32.2. The first-order valence-corrected chi connectivity index (χ1v) is 13.3. The number of nitrogens with one attached hydrogen (secondary N) is 2. The van der Waals surface area contributed by atoms with E-state index >= 15 is 0 Å². The van der Waals surface area contributed by atoms with Gasteiger partial charge in [-0.1, -0.05) is 18.2 Å². The molecule has 2 N–H and O–H groups in total. The lowest BCUT2D eigenvalue weighted by Crippen LogP contribution is -2.53. The highest BCUT2D eigenvalue weighted by Crippen LogP contribution is 2.35. The Morgan fingerprint density at radius 2 is 1.68 bits per heavy atom. The van der Waals surface area contributed by atoms with E-state index < -0.39 is 50.6 Å². The summed E-state index contributed by atoms with van der Waals surface area (Å²) in [6, 6.07) is 7.85. The van der Waals surface area contributed by atoms with Crippen molar-refractivity contribution >= 4 is 21.8 Å². The van der Waals surface area contributed by atoms with E-state index in [0.717, 1.165) is 22.5 Å². The first-order valence-electron chi connectivity index (χ1n) is 11.8. The molecule has 1 atom stereocenters. The quantitative estimate of drug-likeness (QED) is 0.490. The Morgan fingerprint density at radius 3 is 2.26 bits per heavy atom. The average Bonchev–Trinajstić information content (AvgIpc) is 2.87. The molecule has 208 valence electrons. The van der Waals surface area contributed by atoms with Crippen molar-refractivity contribution in [1.82, 2.24) is 14.9 Å². The van der Waals surface area contributed by atoms with Gasteiger partial charge in [0.2, 0.25) is 21.8 Å². The van der Waals surface area contributed by atoms with Crippen molar-refractivity contribution in [1.29, 1.82) is 0 Å². The molecule has 0 spiro atoms. The summed E-state index contributed by atoms with van der Waals surface area (Å²) in [6.45, 7) is 1.15. The number of rotatable bonds is 9. The minimum absolute atomic E-state index is 0.0695. The molecule has 9 nitrogen and oxygen atoms in total. The lowest BCUT2D eigenvalue weighted by Gasteiger charge is -2.33. The Labute approximate surface area is 219 Å². The SMILES string of the molecule is COc1ccc(CC(NC(C)=O)C(=O)NC2CCN(S(=O)(=O)c3ccccc3C(F)(F)F)CC2)cc1OC. The Bertz CT molecular complexity index is 1260. The van der Waals surface area contributed by atoms with Crippen LogP contribution in [-0.2, 0) is 32.2 Å². The van der Waals surface area contributed by atoms with Gasteiger partial charge in [-0.3, -0.25) is 9.59 Å². The maximum absolute atomic E-state index is 13.4. The summed E-state index contributed by atoms with van der Waals surface area (Å²) in [6.07, 6.45) is -4.26. The third-order valence-electron chi connectivity index (χ3n) is 6.19. The zero-order valence-corrected chi connectivity index (χ0v) is 22.0. The van der Waals surface area contributed by atoms with E-state index in [0.29, 0.717) is 17.1 Å². The molecule has 1 aliphatic heterocycles. The monoisotopic (exact) mass is 557 g/mol. The lowest BCUT2D eigenvalue weighted by atomic mass is 10.0. The van der Waals surface area contributed by atoms with Gasteiger partial charge in [-0.25, -0.2) is 8.42 Å². The van der Waals surface area contributed by atoms with E-state index in [4.69, 9.17) is 9.47 Å². The van der Waals surface area contributed by atoms with Crippen molar-refractivity contribution in [2.75, 3.05) is 27.3 Å². The van der Waals surface area contributed by atoms with Crippen LogP contribution >= 0.6 is 0 Å². The molecule has 1 unspecified atom stereocenters. The second-order valence-electron chi connectivity index (χ2n) is 8.83. The molecule has 1 aliphatic rings. The van der Waals surface area contributed by atoms with Crippen LogP contribution in [-0.4, -0.2) is 63.9 Å². The normalized spacial score (nSPS) is 15.9. The van der Waals surface area contributed by atoms with Gasteiger partial charge in [0.05, 0.1) is 24.7 Å². The summed E-state index contributed by atoms with van der Waals surface area (Å²) in [5.41, 5.74) is -0.510. The molecule has 2 aromatic rings. The van der Waals surface area contributed by atoms with Crippen LogP contribution in [0.15, 0.2) is 47.4 Å². The molecule has 2 aromatic carbocycles. The standard InChI is InChI=1S/C25H30F3N3O6S/c1-16(32)29-20(14-17-8-9-21(36-2)22(15-17)37-3)24(33)30-18-10-12-31(13-11-18)38(34,35)23-7-5-4-6-19(23)25(26,27)28/h4-9,15,18,20H,10-14H2,1-3H3,(H,29,32)(H,30,33). The van der Waals surface area contributed by atoms with Gasteiger partial charge in [0.15, 0.2) is 11.5 Å². The van der Waals surface area contributed by atoms with Gasteiger partial charge in [0.1, 0.15) is 6.04 Å². The minimum atomic E-state index is -4.82. The van der Waals surface area contributed by atoms with Gasteiger partial charge in [-0.05, 0) is 42.7 Å². The van der Waals surface area contributed by atoms with E-state index in [1.54, 1.807) is 18.2 Å². The Balaban J connectivity index is 1.67. The fourth-order valence-corrected chi connectivity index (χ4v) is 5.99. The van der Waals surface area contributed by atoms with E-state index in [1.165, 1.54) is 27.2 Å². The van der Waals surface area contributed by atoms with E-state index in [2.05, 4.69) is 10.6 Å². The molecule has 3 rings (SSSR count). The van der Waals surface area contributed by atoms with Crippen molar-refractivity contribution in [2.24, 2.45) is 0 Å². The third kappa shape index (κ3) is 6.95. The zero-order valence-electron chi connectivity index (χ0n) is 21.2. The largest absolute Gasteiger partial charge is 0.493 e.